The highest BCUT2D eigenvalue weighted by Gasteiger charge is 2.29. The van der Waals surface area contributed by atoms with Crippen molar-refractivity contribution >= 4 is 11.9 Å². The molecule has 94 valence electrons. The van der Waals surface area contributed by atoms with Crippen molar-refractivity contribution in [1.82, 2.24) is 10.6 Å². The molecule has 0 aliphatic carbocycles. The molecule has 1 atom stereocenters. The molecule has 1 amide bonds. The van der Waals surface area contributed by atoms with Crippen LogP contribution in [0.2, 0.25) is 0 Å². The van der Waals surface area contributed by atoms with E-state index in [2.05, 4.69) is 10.6 Å². The molecule has 0 aromatic heterocycles. The monoisotopic (exact) mass is 230 g/mol. The van der Waals surface area contributed by atoms with E-state index in [1.807, 2.05) is 13.8 Å². The average molecular weight is 230 g/mol. The summed E-state index contributed by atoms with van der Waals surface area (Å²) in [6, 6.07) is -0.336. The molecular weight excluding hydrogens is 208 g/mol. The first kappa shape index (κ1) is 14.9. The van der Waals surface area contributed by atoms with Gasteiger partial charge in [-0.2, -0.15) is 0 Å². The van der Waals surface area contributed by atoms with E-state index in [4.69, 9.17) is 5.11 Å². The van der Waals surface area contributed by atoms with Gasteiger partial charge in [0.2, 0.25) is 5.91 Å². The molecular formula is C11H22N2O3. The van der Waals surface area contributed by atoms with Crippen molar-refractivity contribution in [3.63, 3.8) is 0 Å². The molecule has 0 spiro atoms. The smallest absolute Gasteiger partial charge is 0.305 e. The highest BCUT2D eigenvalue weighted by molar-refractivity contribution is 5.86. The Kier molecular flexibility index (Phi) is 5.44. The third-order valence-electron chi connectivity index (χ3n) is 2.71. The molecule has 0 aromatic carbocycles. The largest absolute Gasteiger partial charge is 0.481 e. The number of carboxylic acids is 1. The molecule has 3 N–H and O–H groups in total. The van der Waals surface area contributed by atoms with Crippen LogP contribution >= 0.6 is 0 Å². The maximum atomic E-state index is 11.8. The van der Waals surface area contributed by atoms with Crippen LogP contribution in [0.15, 0.2) is 0 Å². The first-order valence-electron chi connectivity index (χ1n) is 5.42. The average Bonchev–Trinajstić information content (AvgIpc) is 2.15. The summed E-state index contributed by atoms with van der Waals surface area (Å²) in [6.45, 7) is 7.28. The molecule has 0 radical (unpaired) electrons. The highest BCUT2D eigenvalue weighted by Crippen LogP contribution is 2.09. The van der Waals surface area contributed by atoms with Crippen molar-refractivity contribution in [3.05, 3.63) is 0 Å². The highest BCUT2D eigenvalue weighted by atomic mass is 16.4. The van der Waals surface area contributed by atoms with Gasteiger partial charge in [-0.3, -0.25) is 9.59 Å². The van der Waals surface area contributed by atoms with Crippen LogP contribution in [0, 0.1) is 5.92 Å². The zero-order chi connectivity index (χ0) is 12.9. The van der Waals surface area contributed by atoms with Crippen molar-refractivity contribution in [2.24, 2.45) is 5.92 Å². The minimum absolute atomic E-state index is 0.0524. The van der Waals surface area contributed by atoms with Crippen LogP contribution in [-0.4, -0.2) is 35.6 Å². The third-order valence-corrected chi connectivity index (χ3v) is 2.71. The Balaban J connectivity index is 4.52. The van der Waals surface area contributed by atoms with Gasteiger partial charge in [0.25, 0.3) is 0 Å². The molecule has 0 aliphatic rings. The van der Waals surface area contributed by atoms with Gasteiger partial charge in [-0.1, -0.05) is 13.8 Å². The molecule has 0 aromatic rings. The summed E-state index contributed by atoms with van der Waals surface area (Å²) in [5.41, 5.74) is -0.689. The number of amides is 1. The topological polar surface area (TPSA) is 78.4 Å². The third kappa shape index (κ3) is 4.61. The summed E-state index contributed by atoms with van der Waals surface area (Å²) < 4.78 is 0. The summed E-state index contributed by atoms with van der Waals surface area (Å²) in [5, 5.41) is 14.4. The Bertz CT molecular complexity index is 262. The van der Waals surface area contributed by atoms with Crippen molar-refractivity contribution in [1.29, 1.82) is 0 Å². The standard InChI is InChI=1S/C11H22N2O3/c1-7(2)8(6-9(14)15)13-10(16)11(3,4)12-5/h7-8,12H,6H2,1-5H3,(H,13,16)(H,14,15). The number of hydrogen-bond donors (Lipinski definition) is 3. The number of likely N-dealkylation sites (N-methyl/N-ethyl adjacent to an activating group) is 1. The van der Waals surface area contributed by atoms with Crippen LogP contribution in [0.25, 0.3) is 0 Å². The van der Waals surface area contributed by atoms with E-state index in [9.17, 15) is 9.59 Å². The molecule has 0 saturated carbocycles. The predicted octanol–water partition coefficient (Wildman–Crippen LogP) is 0.600. The molecule has 0 heterocycles. The minimum atomic E-state index is -0.902. The lowest BCUT2D eigenvalue weighted by Crippen LogP contribution is -2.55. The first-order chi connectivity index (χ1) is 7.20. The van der Waals surface area contributed by atoms with Crippen molar-refractivity contribution in [3.8, 4) is 0 Å². The number of carbonyl (C=O) groups excluding carboxylic acids is 1. The number of carbonyl (C=O) groups is 2. The molecule has 5 heteroatoms. The molecule has 0 rings (SSSR count). The van der Waals surface area contributed by atoms with E-state index in [0.29, 0.717) is 0 Å². The van der Waals surface area contributed by atoms with Gasteiger partial charge >= 0.3 is 5.97 Å². The Hall–Kier alpha value is -1.10. The van der Waals surface area contributed by atoms with Crippen LogP contribution in [0.5, 0.6) is 0 Å². The maximum Gasteiger partial charge on any atom is 0.305 e. The van der Waals surface area contributed by atoms with Crippen molar-refractivity contribution in [2.75, 3.05) is 7.05 Å². The van der Waals surface area contributed by atoms with Gasteiger partial charge in [-0.05, 0) is 26.8 Å². The van der Waals surface area contributed by atoms with E-state index in [1.54, 1.807) is 20.9 Å². The summed E-state index contributed by atoms with van der Waals surface area (Å²) in [7, 11) is 1.70. The summed E-state index contributed by atoms with van der Waals surface area (Å²) >= 11 is 0. The van der Waals surface area contributed by atoms with Gasteiger partial charge in [0.1, 0.15) is 0 Å². The number of nitrogens with one attached hydrogen (secondary N) is 2. The van der Waals surface area contributed by atoms with Crippen LogP contribution in [0.1, 0.15) is 34.1 Å². The normalized spacial score (nSPS) is 13.6. The lowest BCUT2D eigenvalue weighted by atomic mass is 9.98. The van der Waals surface area contributed by atoms with Gasteiger partial charge < -0.3 is 15.7 Å². The molecule has 1 unspecified atom stereocenters. The molecule has 0 fully saturated rings. The van der Waals surface area contributed by atoms with E-state index >= 15 is 0 Å². The van der Waals surface area contributed by atoms with Crippen LogP contribution in [0.3, 0.4) is 0 Å². The van der Waals surface area contributed by atoms with Crippen molar-refractivity contribution < 1.29 is 14.7 Å². The Morgan fingerprint density at radius 3 is 2.12 bits per heavy atom. The van der Waals surface area contributed by atoms with Crippen LogP contribution in [0.4, 0.5) is 0 Å². The second-order valence-electron chi connectivity index (χ2n) is 4.80. The Morgan fingerprint density at radius 2 is 1.81 bits per heavy atom. The second kappa shape index (κ2) is 5.84. The van der Waals surface area contributed by atoms with E-state index in [0.717, 1.165) is 0 Å². The number of aliphatic carboxylic acids is 1. The van der Waals surface area contributed by atoms with Crippen LogP contribution in [-0.2, 0) is 9.59 Å². The molecule has 5 nitrogen and oxygen atoms in total. The second-order valence-corrected chi connectivity index (χ2v) is 4.80. The Labute approximate surface area is 96.6 Å². The van der Waals surface area contributed by atoms with Crippen LogP contribution < -0.4 is 10.6 Å². The summed E-state index contributed by atoms with van der Waals surface area (Å²) in [5.74, 6) is -0.996. The van der Waals surface area contributed by atoms with Gasteiger partial charge in [0.05, 0.1) is 12.0 Å². The quantitative estimate of drug-likeness (QED) is 0.624. The van der Waals surface area contributed by atoms with E-state index in [-0.39, 0.29) is 24.3 Å². The van der Waals surface area contributed by atoms with E-state index in [1.165, 1.54) is 0 Å². The fourth-order valence-corrected chi connectivity index (χ4v) is 1.10. The molecule has 0 aliphatic heterocycles. The number of hydrogen-bond acceptors (Lipinski definition) is 3. The zero-order valence-corrected chi connectivity index (χ0v) is 10.6. The molecule has 0 saturated heterocycles. The Morgan fingerprint density at radius 1 is 1.31 bits per heavy atom. The van der Waals surface area contributed by atoms with Gasteiger partial charge in [-0.25, -0.2) is 0 Å². The lowest BCUT2D eigenvalue weighted by molar-refractivity contribution is -0.138. The minimum Gasteiger partial charge on any atom is -0.481 e. The van der Waals surface area contributed by atoms with Gasteiger partial charge in [0.15, 0.2) is 0 Å². The van der Waals surface area contributed by atoms with Gasteiger partial charge in [-0.15, -0.1) is 0 Å². The number of rotatable bonds is 6. The maximum absolute atomic E-state index is 11.8. The molecule has 16 heavy (non-hydrogen) atoms. The van der Waals surface area contributed by atoms with E-state index < -0.39 is 11.5 Å². The van der Waals surface area contributed by atoms with Crippen molar-refractivity contribution in [2.45, 2.75) is 45.7 Å². The van der Waals surface area contributed by atoms with Gasteiger partial charge in [0, 0.05) is 6.04 Å². The first-order valence-corrected chi connectivity index (χ1v) is 5.42. The zero-order valence-electron chi connectivity index (χ0n) is 10.6. The lowest BCUT2D eigenvalue weighted by Gasteiger charge is -2.28. The fraction of sp³-hybridized carbons (Fsp3) is 0.818. The number of carboxylic acid groups (broad SMARTS) is 1. The molecule has 0 bridgehead atoms. The predicted molar refractivity (Wildman–Crippen MR) is 62.2 cm³/mol. The summed E-state index contributed by atoms with van der Waals surface area (Å²) in [6.07, 6.45) is -0.0524. The summed E-state index contributed by atoms with van der Waals surface area (Å²) in [4.78, 5) is 22.5. The fourth-order valence-electron chi connectivity index (χ4n) is 1.10. The SMILES string of the molecule is CNC(C)(C)C(=O)NC(CC(=O)O)C(C)C.